The van der Waals surface area contributed by atoms with Crippen molar-refractivity contribution in [2.24, 2.45) is 0 Å². The molecule has 0 N–H and O–H groups in total. The first kappa shape index (κ1) is 29.1. The molecule has 2 heterocycles. The molecule has 238 valence electrons. The SMILES string of the molecule is c1ccc(-c2ccc(-c3cc(-c4ccccc4)nc(-c4cc(-c5ccc6c(ccc7ccccc76)c5)cc5oc6ccccc6c45)n3)cc2)cc1. The van der Waals surface area contributed by atoms with Crippen LogP contribution in [0.5, 0.6) is 0 Å². The molecule has 0 aliphatic carbocycles. The normalized spacial score (nSPS) is 11.5. The molecule has 51 heavy (non-hydrogen) atoms. The predicted molar refractivity (Wildman–Crippen MR) is 212 cm³/mol. The van der Waals surface area contributed by atoms with Crippen LogP contribution in [0.3, 0.4) is 0 Å². The highest BCUT2D eigenvalue weighted by Crippen LogP contribution is 2.41. The summed E-state index contributed by atoms with van der Waals surface area (Å²) in [6.07, 6.45) is 0. The summed E-state index contributed by atoms with van der Waals surface area (Å²) in [4.78, 5) is 10.6. The second-order valence-corrected chi connectivity index (χ2v) is 13.0. The average Bonchev–Trinajstić information content (AvgIpc) is 3.59. The van der Waals surface area contributed by atoms with Gasteiger partial charge in [-0.2, -0.15) is 0 Å². The lowest BCUT2D eigenvalue weighted by Crippen LogP contribution is -1.97. The van der Waals surface area contributed by atoms with Crippen molar-refractivity contribution in [1.82, 2.24) is 9.97 Å². The van der Waals surface area contributed by atoms with Crippen LogP contribution in [0.1, 0.15) is 0 Å². The van der Waals surface area contributed by atoms with Crippen molar-refractivity contribution < 1.29 is 4.42 Å². The van der Waals surface area contributed by atoms with Gasteiger partial charge in [-0.05, 0) is 74.1 Å². The zero-order valence-electron chi connectivity index (χ0n) is 27.6. The Labute approximate surface area is 295 Å². The quantitative estimate of drug-likeness (QED) is 0.174. The van der Waals surface area contributed by atoms with Gasteiger partial charge in [0.1, 0.15) is 11.2 Å². The number of fused-ring (bicyclic) bond motifs is 6. The van der Waals surface area contributed by atoms with Crippen molar-refractivity contribution in [3.63, 3.8) is 0 Å². The highest BCUT2D eigenvalue weighted by molar-refractivity contribution is 6.14. The molecule has 0 amide bonds. The molecule has 0 saturated carbocycles. The Morgan fingerprint density at radius 1 is 0.333 bits per heavy atom. The van der Waals surface area contributed by atoms with Gasteiger partial charge in [0.15, 0.2) is 5.82 Å². The summed E-state index contributed by atoms with van der Waals surface area (Å²) in [5, 5.41) is 6.98. The molecule has 0 fully saturated rings. The zero-order valence-corrected chi connectivity index (χ0v) is 27.6. The van der Waals surface area contributed by atoms with E-state index < -0.39 is 0 Å². The van der Waals surface area contributed by atoms with Crippen LogP contribution in [0.25, 0.3) is 99.6 Å². The van der Waals surface area contributed by atoms with Gasteiger partial charge in [-0.15, -0.1) is 0 Å². The van der Waals surface area contributed by atoms with Gasteiger partial charge in [0.2, 0.25) is 0 Å². The molecule has 3 nitrogen and oxygen atoms in total. The van der Waals surface area contributed by atoms with E-state index in [1.165, 1.54) is 32.7 Å². The van der Waals surface area contributed by atoms with E-state index in [1.54, 1.807) is 0 Å². The number of aromatic nitrogens is 2. The fraction of sp³-hybridized carbons (Fsp3) is 0. The van der Waals surface area contributed by atoms with E-state index in [4.69, 9.17) is 14.4 Å². The lowest BCUT2D eigenvalue weighted by atomic mass is 9.95. The van der Waals surface area contributed by atoms with Crippen molar-refractivity contribution in [3.8, 4) is 56.2 Å². The first-order valence-electron chi connectivity index (χ1n) is 17.2. The molecular weight excluding hydrogens is 621 g/mol. The molecule has 0 spiro atoms. The minimum Gasteiger partial charge on any atom is -0.456 e. The van der Waals surface area contributed by atoms with Gasteiger partial charge in [0.05, 0.1) is 11.4 Å². The number of hydrogen-bond acceptors (Lipinski definition) is 3. The second-order valence-electron chi connectivity index (χ2n) is 13.0. The predicted octanol–water partition coefficient (Wildman–Crippen LogP) is 13.0. The van der Waals surface area contributed by atoms with E-state index in [2.05, 4.69) is 158 Å². The molecule has 0 aliphatic heterocycles. The maximum Gasteiger partial charge on any atom is 0.161 e. The maximum atomic E-state index is 6.55. The van der Waals surface area contributed by atoms with Crippen LogP contribution in [0.4, 0.5) is 0 Å². The Morgan fingerprint density at radius 3 is 1.69 bits per heavy atom. The first-order chi connectivity index (χ1) is 25.2. The minimum absolute atomic E-state index is 0.656. The smallest absolute Gasteiger partial charge is 0.161 e. The van der Waals surface area contributed by atoms with E-state index in [9.17, 15) is 0 Å². The van der Waals surface area contributed by atoms with Gasteiger partial charge >= 0.3 is 0 Å². The van der Waals surface area contributed by atoms with Crippen molar-refractivity contribution in [3.05, 3.63) is 182 Å². The van der Waals surface area contributed by atoms with Crippen molar-refractivity contribution in [2.45, 2.75) is 0 Å². The van der Waals surface area contributed by atoms with E-state index >= 15 is 0 Å². The molecule has 0 aliphatic rings. The van der Waals surface area contributed by atoms with Crippen LogP contribution in [-0.4, -0.2) is 9.97 Å². The number of rotatable bonds is 5. The molecule has 0 bridgehead atoms. The van der Waals surface area contributed by atoms with E-state index in [1.807, 2.05) is 24.3 Å². The number of furan rings is 1. The third-order valence-electron chi connectivity index (χ3n) is 9.88. The van der Waals surface area contributed by atoms with E-state index in [0.717, 1.165) is 61.1 Å². The summed E-state index contributed by atoms with van der Waals surface area (Å²) < 4.78 is 6.55. The largest absolute Gasteiger partial charge is 0.456 e. The third-order valence-corrected chi connectivity index (χ3v) is 9.88. The minimum atomic E-state index is 0.656. The lowest BCUT2D eigenvalue weighted by Gasteiger charge is -2.13. The first-order valence-corrected chi connectivity index (χ1v) is 17.2. The molecule has 2 aromatic heterocycles. The molecule has 0 atom stereocenters. The Bertz CT molecular complexity index is 2890. The third kappa shape index (κ3) is 5.15. The Hall–Kier alpha value is -6.84. The summed E-state index contributed by atoms with van der Waals surface area (Å²) in [5.41, 5.74) is 10.9. The van der Waals surface area contributed by atoms with Crippen LogP contribution < -0.4 is 0 Å². The fourth-order valence-corrected chi connectivity index (χ4v) is 7.33. The van der Waals surface area contributed by atoms with Gasteiger partial charge in [0, 0.05) is 27.5 Å². The van der Waals surface area contributed by atoms with Crippen molar-refractivity contribution in [2.75, 3.05) is 0 Å². The Balaban J connectivity index is 1.19. The van der Waals surface area contributed by atoms with Crippen LogP contribution in [0.15, 0.2) is 186 Å². The van der Waals surface area contributed by atoms with Gasteiger partial charge in [-0.25, -0.2) is 9.97 Å². The van der Waals surface area contributed by atoms with Gasteiger partial charge in [-0.1, -0.05) is 152 Å². The summed E-state index contributed by atoms with van der Waals surface area (Å²) in [6, 6.07) is 63.8. The molecule has 8 aromatic carbocycles. The lowest BCUT2D eigenvalue weighted by molar-refractivity contribution is 0.669. The van der Waals surface area contributed by atoms with Crippen molar-refractivity contribution in [1.29, 1.82) is 0 Å². The Morgan fingerprint density at radius 2 is 0.902 bits per heavy atom. The molecule has 3 heteroatoms. The monoisotopic (exact) mass is 650 g/mol. The van der Waals surface area contributed by atoms with Crippen molar-refractivity contribution >= 4 is 43.5 Å². The average molecular weight is 651 g/mol. The van der Waals surface area contributed by atoms with Gasteiger partial charge in [-0.3, -0.25) is 0 Å². The number of para-hydroxylation sites is 1. The van der Waals surface area contributed by atoms with Crippen LogP contribution in [0, 0.1) is 0 Å². The van der Waals surface area contributed by atoms with Gasteiger partial charge in [0.25, 0.3) is 0 Å². The topological polar surface area (TPSA) is 38.9 Å². The number of benzene rings is 8. The molecule has 0 unspecified atom stereocenters. The maximum absolute atomic E-state index is 6.55. The summed E-state index contributed by atoms with van der Waals surface area (Å²) in [5.74, 6) is 0.656. The number of hydrogen-bond donors (Lipinski definition) is 0. The highest BCUT2D eigenvalue weighted by atomic mass is 16.3. The fourth-order valence-electron chi connectivity index (χ4n) is 7.33. The molecular formula is C48H30N2O. The summed E-state index contributed by atoms with van der Waals surface area (Å²) in [7, 11) is 0. The molecule has 0 radical (unpaired) electrons. The van der Waals surface area contributed by atoms with Crippen LogP contribution in [0.2, 0.25) is 0 Å². The standard InChI is InChI=1S/C48H30N2O/c1-3-11-31(12-4-1)32-19-22-35(23-20-32)44-30-43(34-14-5-2-6-15-34)49-48(50-44)42-28-38(29-46-47(42)41-17-9-10-18-45(41)51-46)36-25-26-40-37(27-36)24-21-33-13-7-8-16-39(33)40/h1-30H. The molecule has 10 rings (SSSR count). The highest BCUT2D eigenvalue weighted by Gasteiger charge is 2.19. The van der Waals surface area contributed by atoms with E-state index in [-0.39, 0.29) is 0 Å². The molecule has 10 aromatic rings. The van der Waals surface area contributed by atoms with Gasteiger partial charge < -0.3 is 4.42 Å². The van der Waals surface area contributed by atoms with E-state index in [0.29, 0.717) is 5.82 Å². The Kier molecular flexibility index (Phi) is 6.81. The van der Waals surface area contributed by atoms with Crippen LogP contribution >= 0.6 is 0 Å². The second kappa shape index (κ2) is 11.9. The number of nitrogens with zero attached hydrogens (tertiary/aromatic N) is 2. The summed E-state index contributed by atoms with van der Waals surface area (Å²) in [6.45, 7) is 0. The summed E-state index contributed by atoms with van der Waals surface area (Å²) >= 11 is 0. The zero-order chi connectivity index (χ0) is 33.7. The van der Waals surface area contributed by atoms with Crippen LogP contribution in [-0.2, 0) is 0 Å². The molecule has 0 saturated heterocycles.